The number of nitrogens with zero attached hydrogens (tertiary/aromatic N) is 1. The first-order chi connectivity index (χ1) is 13.7. The van der Waals surface area contributed by atoms with Gasteiger partial charge in [0.15, 0.2) is 0 Å². The molecule has 0 fully saturated rings. The largest absolute Gasteiger partial charge is 0.497 e. The van der Waals surface area contributed by atoms with E-state index in [1.165, 1.54) is 12.7 Å². The number of carbonyl (C=O) groups excluding carboxylic acids is 1. The van der Waals surface area contributed by atoms with Gasteiger partial charge in [-0.3, -0.25) is 4.79 Å². The van der Waals surface area contributed by atoms with Crippen LogP contribution in [0.1, 0.15) is 15.9 Å². The van der Waals surface area contributed by atoms with Crippen LogP contribution < -0.4 is 20.1 Å². The molecule has 3 aromatic rings. The molecular formula is C22H23N3O3. The van der Waals surface area contributed by atoms with Crippen molar-refractivity contribution in [3.05, 3.63) is 78.0 Å². The third kappa shape index (κ3) is 5.01. The summed E-state index contributed by atoms with van der Waals surface area (Å²) < 4.78 is 10.4. The van der Waals surface area contributed by atoms with Gasteiger partial charge in [0.1, 0.15) is 17.3 Å². The number of rotatable bonds is 8. The van der Waals surface area contributed by atoms with Crippen molar-refractivity contribution in [2.45, 2.75) is 6.42 Å². The Morgan fingerprint density at radius 1 is 0.964 bits per heavy atom. The van der Waals surface area contributed by atoms with Gasteiger partial charge in [-0.2, -0.15) is 0 Å². The Morgan fingerprint density at radius 3 is 2.43 bits per heavy atom. The first kappa shape index (κ1) is 19.2. The van der Waals surface area contributed by atoms with E-state index in [0.29, 0.717) is 17.1 Å². The number of pyridine rings is 1. The normalized spacial score (nSPS) is 10.2. The van der Waals surface area contributed by atoms with Crippen LogP contribution in [0.5, 0.6) is 11.5 Å². The summed E-state index contributed by atoms with van der Waals surface area (Å²) in [5.41, 5.74) is 2.58. The van der Waals surface area contributed by atoms with Crippen molar-refractivity contribution in [2.75, 3.05) is 31.4 Å². The second-order valence-corrected chi connectivity index (χ2v) is 6.11. The number of hydrogen-bond donors (Lipinski definition) is 2. The first-order valence-corrected chi connectivity index (χ1v) is 8.97. The van der Waals surface area contributed by atoms with Gasteiger partial charge in [-0.1, -0.05) is 24.3 Å². The van der Waals surface area contributed by atoms with E-state index < -0.39 is 0 Å². The summed E-state index contributed by atoms with van der Waals surface area (Å²) in [4.78, 5) is 16.7. The second-order valence-electron chi connectivity index (χ2n) is 6.11. The highest BCUT2D eigenvalue weighted by Gasteiger charge is 2.12. The predicted octanol–water partition coefficient (Wildman–Crippen LogP) is 4.01. The highest BCUT2D eigenvalue weighted by molar-refractivity contribution is 6.05. The number of benzene rings is 2. The molecule has 0 bridgehead atoms. The number of nitrogens with one attached hydrogen (secondary N) is 2. The number of anilines is 2. The smallest absolute Gasteiger partial charge is 0.260 e. The van der Waals surface area contributed by atoms with Crippen molar-refractivity contribution in [2.24, 2.45) is 0 Å². The molecule has 0 saturated carbocycles. The molecule has 0 aliphatic heterocycles. The van der Waals surface area contributed by atoms with E-state index >= 15 is 0 Å². The zero-order valence-corrected chi connectivity index (χ0v) is 15.9. The standard InChI is InChI=1S/C22H23N3O3/c1-27-18-10-7-16(8-11-18)13-14-23-17-9-12-21(24-15-17)25-22(26)19-5-3-4-6-20(19)28-2/h3-12,15,23H,13-14H2,1-2H3,(H,24,25,26). The number of carbonyl (C=O) groups is 1. The third-order valence-electron chi connectivity index (χ3n) is 4.26. The predicted molar refractivity (Wildman–Crippen MR) is 110 cm³/mol. The molecule has 0 radical (unpaired) electrons. The van der Waals surface area contributed by atoms with Crippen LogP contribution in [0, 0.1) is 0 Å². The fourth-order valence-corrected chi connectivity index (χ4v) is 2.73. The molecule has 6 nitrogen and oxygen atoms in total. The van der Waals surface area contributed by atoms with E-state index in [0.717, 1.165) is 24.4 Å². The SMILES string of the molecule is COc1ccc(CCNc2ccc(NC(=O)c3ccccc3OC)nc2)cc1. The maximum atomic E-state index is 12.4. The average Bonchev–Trinajstić information content (AvgIpc) is 2.75. The Labute approximate surface area is 164 Å². The van der Waals surface area contributed by atoms with Gasteiger partial charge in [-0.15, -0.1) is 0 Å². The van der Waals surface area contributed by atoms with E-state index in [1.54, 1.807) is 37.6 Å². The summed E-state index contributed by atoms with van der Waals surface area (Å²) in [6, 6.07) is 18.7. The van der Waals surface area contributed by atoms with Crippen molar-refractivity contribution < 1.29 is 14.3 Å². The van der Waals surface area contributed by atoms with Crippen LogP contribution in [-0.4, -0.2) is 31.7 Å². The monoisotopic (exact) mass is 377 g/mol. The molecule has 28 heavy (non-hydrogen) atoms. The maximum absolute atomic E-state index is 12.4. The van der Waals surface area contributed by atoms with Crippen LogP contribution in [0.4, 0.5) is 11.5 Å². The lowest BCUT2D eigenvalue weighted by molar-refractivity contribution is 0.102. The van der Waals surface area contributed by atoms with Crippen LogP contribution in [-0.2, 0) is 6.42 Å². The summed E-state index contributed by atoms with van der Waals surface area (Å²) >= 11 is 0. The van der Waals surface area contributed by atoms with Crippen molar-refractivity contribution in [3.63, 3.8) is 0 Å². The fourth-order valence-electron chi connectivity index (χ4n) is 2.73. The lowest BCUT2D eigenvalue weighted by Gasteiger charge is -2.10. The molecule has 3 rings (SSSR count). The Kier molecular flexibility index (Phi) is 6.46. The third-order valence-corrected chi connectivity index (χ3v) is 4.26. The molecule has 0 saturated heterocycles. The lowest BCUT2D eigenvalue weighted by Crippen LogP contribution is -2.14. The molecule has 0 aliphatic rings. The van der Waals surface area contributed by atoms with Gasteiger partial charge in [0.05, 0.1) is 31.7 Å². The number of methoxy groups -OCH3 is 2. The average molecular weight is 377 g/mol. The van der Waals surface area contributed by atoms with Crippen molar-refractivity contribution in [1.82, 2.24) is 4.98 Å². The molecule has 0 atom stereocenters. The number of para-hydroxylation sites is 1. The molecule has 2 N–H and O–H groups in total. The van der Waals surface area contributed by atoms with E-state index in [1.807, 2.05) is 24.3 Å². The van der Waals surface area contributed by atoms with Gasteiger partial charge < -0.3 is 20.1 Å². The van der Waals surface area contributed by atoms with Gasteiger partial charge in [-0.25, -0.2) is 4.98 Å². The van der Waals surface area contributed by atoms with Gasteiger partial charge >= 0.3 is 0 Å². The highest BCUT2D eigenvalue weighted by Crippen LogP contribution is 2.19. The van der Waals surface area contributed by atoms with Crippen LogP contribution in [0.2, 0.25) is 0 Å². The molecule has 2 aromatic carbocycles. The number of ether oxygens (including phenoxy) is 2. The van der Waals surface area contributed by atoms with E-state index in [9.17, 15) is 4.79 Å². The zero-order chi connectivity index (χ0) is 19.8. The summed E-state index contributed by atoms with van der Waals surface area (Å²) in [7, 11) is 3.20. The van der Waals surface area contributed by atoms with Gasteiger partial charge in [0, 0.05) is 6.54 Å². The van der Waals surface area contributed by atoms with Crippen molar-refractivity contribution in [3.8, 4) is 11.5 Å². The molecular weight excluding hydrogens is 354 g/mol. The molecule has 1 amide bonds. The quantitative estimate of drug-likeness (QED) is 0.621. The maximum Gasteiger partial charge on any atom is 0.260 e. The summed E-state index contributed by atoms with van der Waals surface area (Å²) in [5, 5.41) is 6.11. The van der Waals surface area contributed by atoms with Crippen LogP contribution in [0.25, 0.3) is 0 Å². The number of aromatic nitrogens is 1. The van der Waals surface area contributed by atoms with Crippen molar-refractivity contribution in [1.29, 1.82) is 0 Å². The van der Waals surface area contributed by atoms with E-state index in [4.69, 9.17) is 9.47 Å². The van der Waals surface area contributed by atoms with Gasteiger partial charge in [0.25, 0.3) is 5.91 Å². The molecule has 0 unspecified atom stereocenters. The highest BCUT2D eigenvalue weighted by atomic mass is 16.5. The Morgan fingerprint density at radius 2 is 1.75 bits per heavy atom. The number of hydrogen-bond acceptors (Lipinski definition) is 5. The number of amides is 1. The molecule has 144 valence electrons. The van der Waals surface area contributed by atoms with Gasteiger partial charge in [-0.05, 0) is 48.4 Å². The fraction of sp³-hybridized carbons (Fsp3) is 0.182. The topological polar surface area (TPSA) is 72.5 Å². The first-order valence-electron chi connectivity index (χ1n) is 8.97. The van der Waals surface area contributed by atoms with Crippen LogP contribution >= 0.6 is 0 Å². The Bertz CT molecular complexity index is 909. The molecule has 0 aliphatic carbocycles. The zero-order valence-electron chi connectivity index (χ0n) is 15.9. The van der Waals surface area contributed by atoms with Crippen LogP contribution in [0.3, 0.4) is 0 Å². The van der Waals surface area contributed by atoms with Crippen LogP contribution in [0.15, 0.2) is 66.9 Å². The second kappa shape index (κ2) is 9.41. The van der Waals surface area contributed by atoms with E-state index in [-0.39, 0.29) is 5.91 Å². The van der Waals surface area contributed by atoms with E-state index in [2.05, 4.69) is 27.8 Å². The summed E-state index contributed by atoms with van der Waals surface area (Å²) in [6.45, 7) is 0.779. The molecule has 1 aromatic heterocycles. The van der Waals surface area contributed by atoms with Gasteiger partial charge in [0.2, 0.25) is 0 Å². The Balaban J connectivity index is 1.52. The Hall–Kier alpha value is -3.54. The minimum atomic E-state index is -0.259. The lowest BCUT2D eigenvalue weighted by atomic mass is 10.1. The summed E-state index contributed by atoms with van der Waals surface area (Å²) in [5.74, 6) is 1.60. The summed E-state index contributed by atoms with van der Waals surface area (Å²) in [6.07, 6.45) is 2.59. The molecule has 1 heterocycles. The minimum absolute atomic E-state index is 0.259. The molecule has 0 spiro atoms. The minimum Gasteiger partial charge on any atom is -0.497 e. The molecule has 6 heteroatoms. The van der Waals surface area contributed by atoms with Crippen molar-refractivity contribution >= 4 is 17.4 Å².